The second kappa shape index (κ2) is 5.63. The van der Waals surface area contributed by atoms with Crippen LogP contribution in [0.4, 0.5) is 4.39 Å². The van der Waals surface area contributed by atoms with Gasteiger partial charge in [0, 0.05) is 11.6 Å². The molecule has 17 heavy (non-hydrogen) atoms. The molecule has 1 atom stereocenters. The van der Waals surface area contributed by atoms with E-state index in [4.69, 9.17) is 0 Å². The van der Waals surface area contributed by atoms with Gasteiger partial charge in [-0.15, -0.1) is 0 Å². The number of hydrogen-bond acceptors (Lipinski definition) is 1. The van der Waals surface area contributed by atoms with E-state index in [1.165, 1.54) is 0 Å². The molecule has 0 aromatic heterocycles. The highest BCUT2D eigenvalue weighted by Crippen LogP contribution is 2.29. The van der Waals surface area contributed by atoms with Crippen molar-refractivity contribution in [3.8, 4) is 0 Å². The predicted molar refractivity (Wildman–Crippen MR) is 71.6 cm³/mol. The summed E-state index contributed by atoms with van der Waals surface area (Å²) < 4.78 is 14.0. The zero-order chi connectivity index (χ0) is 13.1. The lowest BCUT2D eigenvalue weighted by Gasteiger charge is -2.23. The van der Waals surface area contributed by atoms with Crippen LogP contribution in [0.15, 0.2) is 18.2 Å². The Morgan fingerprint density at radius 3 is 2.47 bits per heavy atom. The molecule has 0 bridgehead atoms. The molecule has 96 valence electrons. The fourth-order valence-electron chi connectivity index (χ4n) is 1.97. The molecule has 0 aliphatic heterocycles. The normalized spacial score (nSPS) is 13.8. The van der Waals surface area contributed by atoms with Crippen LogP contribution in [0.25, 0.3) is 0 Å². The Labute approximate surface area is 104 Å². The standard InChI is InChI=1S/C15H24FN/c1-11-7-6-8-12(14(11)16)13(17-5)9-10-15(2,3)4/h6-8,13,17H,9-10H2,1-5H3. The number of nitrogens with one attached hydrogen (secondary N) is 1. The van der Waals surface area contributed by atoms with Crippen LogP contribution in [-0.4, -0.2) is 7.05 Å². The fraction of sp³-hybridized carbons (Fsp3) is 0.600. The quantitative estimate of drug-likeness (QED) is 0.826. The molecule has 1 N–H and O–H groups in total. The fourth-order valence-corrected chi connectivity index (χ4v) is 1.97. The minimum atomic E-state index is -0.0687. The summed E-state index contributed by atoms with van der Waals surface area (Å²) in [5.41, 5.74) is 1.80. The Bertz CT molecular complexity index is 366. The van der Waals surface area contributed by atoms with E-state index < -0.39 is 0 Å². The molecule has 0 radical (unpaired) electrons. The van der Waals surface area contributed by atoms with Gasteiger partial charge in [0.2, 0.25) is 0 Å². The average molecular weight is 237 g/mol. The lowest BCUT2D eigenvalue weighted by molar-refractivity contribution is 0.335. The van der Waals surface area contributed by atoms with Gasteiger partial charge in [-0.3, -0.25) is 0 Å². The second-order valence-electron chi connectivity index (χ2n) is 5.92. The van der Waals surface area contributed by atoms with E-state index in [0.717, 1.165) is 24.0 Å². The Morgan fingerprint density at radius 1 is 1.29 bits per heavy atom. The molecule has 1 aromatic carbocycles. The number of benzene rings is 1. The molecule has 0 fully saturated rings. The third kappa shape index (κ3) is 4.12. The van der Waals surface area contributed by atoms with Gasteiger partial charge in [-0.05, 0) is 37.8 Å². The van der Waals surface area contributed by atoms with Gasteiger partial charge >= 0.3 is 0 Å². The Hall–Kier alpha value is -0.890. The summed E-state index contributed by atoms with van der Waals surface area (Å²) >= 11 is 0. The molecular weight excluding hydrogens is 213 g/mol. The van der Waals surface area contributed by atoms with E-state index in [1.54, 1.807) is 0 Å². The topological polar surface area (TPSA) is 12.0 Å². The van der Waals surface area contributed by atoms with Gasteiger partial charge in [0.05, 0.1) is 0 Å². The monoisotopic (exact) mass is 237 g/mol. The van der Waals surface area contributed by atoms with Crippen molar-refractivity contribution in [3.63, 3.8) is 0 Å². The Kier molecular flexibility index (Phi) is 4.70. The van der Waals surface area contributed by atoms with Crippen molar-refractivity contribution in [1.82, 2.24) is 5.32 Å². The van der Waals surface area contributed by atoms with Gasteiger partial charge in [0.1, 0.15) is 5.82 Å². The van der Waals surface area contributed by atoms with Crippen LogP contribution in [0.2, 0.25) is 0 Å². The average Bonchev–Trinajstić information content (AvgIpc) is 2.23. The zero-order valence-corrected chi connectivity index (χ0v) is 11.6. The first kappa shape index (κ1) is 14.2. The summed E-state index contributed by atoms with van der Waals surface area (Å²) in [4.78, 5) is 0. The van der Waals surface area contributed by atoms with Crippen LogP contribution in [0, 0.1) is 18.2 Å². The van der Waals surface area contributed by atoms with Gasteiger partial charge in [-0.1, -0.05) is 39.0 Å². The van der Waals surface area contributed by atoms with Crippen LogP contribution in [-0.2, 0) is 0 Å². The van der Waals surface area contributed by atoms with Gasteiger partial charge in [0.15, 0.2) is 0 Å². The third-order valence-corrected chi connectivity index (χ3v) is 3.13. The minimum absolute atomic E-state index is 0.0687. The summed E-state index contributed by atoms with van der Waals surface area (Å²) in [5.74, 6) is -0.0687. The molecule has 0 saturated heterocycles. The maximum Gasteiger partial charge on any atom is 0.130 e. The van der Waals surface area contributed by atoms with Gasteiger partial charge < -0.3 is 5.32 Å². The highest BCUT2D eigenvalue weighted by molar-refractivity contribution is 5.27. The molecular formula is C15H24FN. The van der Waals surface area contributed by atoms with E-state index in [1.807, 2.05) is 32.2 Å². The highest BCUT2D eigenvalue weighted by atomic mass is 19.1. The largest absolute Gasteiger partial charge is 0.313 e. The lowest BCUT2D eigenvalue weighted by atomic mass is 9.87. The minimum Gasteiger partial charge on any atom is -0.313 e. The molecule has 0 heterocycles. The Balaban J connectivity index is 2.83. The smallest absolute Gasteiger partial charge is 0.130 e. The first-order chi connectivity index (χ1) is 7.85. The van der Waals surface area contributed by atoms with E-state index in [9.17, 15) is 4.39 Å². The van der Waals surface area contributed by atoms with Gasteiger partial charge in [0.25, 0.3) is 0 Å². The molecule has 0 saturated carbocycles. The summed E-state index contributed by atoms with van der Waals surface area (Å²) in [6, 6.07) is 5.73. The van der Waals surface area contributed by atoms with Gasteiger partial charge in [-0.25, -0.2) is 4.39 Å². The number of aryl methyl sites for hydroxylation is 1. The summed E-state index contributed by atoms with van der Waals surface area (Å²) in [5, 5.41) is 3.22. The van der Waals surface area contributed by atoms with Crippen LogP contribution < -0.4 is 5.32 Å². The molecule has 0 spiro atoms. The first-order valence-corrected chi connectivity index (χ1v) is 6.27. The number of hydrogen-bond donors (Lipinski definition) is 1. The van der Waals surface area contributed by atoms with Crippen molar-refractivity contribution in [3.05, 3.63) is 35.1 Å². The van der Waals surface area contributed by atoms with Crippen molar-refractivity contribution in [2.24, 2.45) is 5.41 Å². The lowest BCUT2D eigenvalue weighted by Crippen LogP contribution is -2.20. The van der Waals surface area contributed by atoms with E-state index in [0.29, 0.717) is 0 Å². The summed E-state index contributed by atoms with van der Waals surface area (Å²) in [6.07, 6.45) is 2.03. The predicted octanol–water partition coefficient (Wildman–Crippen LogP) is 4.22. The zero-order valence-electron chi connectivity index (χ0n) is 11.6. The van der Waals surface area contributed by atoms with Crippen LogP contribution in [0.5, 0.6) is 0 Å². The van der Waals surface area contributed by atoms with Crippen molar-refractivity contribution < 1.29 is 4.39 Å². The molecule has 1 aromatic rings. The maximum absolute atomic E-state index is 14.0. The third-order valence-electron chi connectivity index (χ3n) is 3.13. The van der Waals surface area contributed by atoms with Crippen molar-refractivity contribution in [2.45, 2.75) is 46.6 Å². The number of rotatable bonds is 4. The van der Waals surface area contributed by atoms with E-state index in [-0.39, 0.29) is 17.3 Å². The molecule has 0 amide bonds. The summed E-state index contributed by atoms with van der Waals surface area (Å²) in [6.45, 7) is 8.46. The first-order valence-electron chi connectivity index (χ1n) is 6.27. The highest BCUT2D eigenvalue weighted by Gasteiger charge is 2.18. The summed E-state index contributed by atoms with van der Waals surface area (Å²) in [7, 11) is 1.90. The van der Waals surface area contributed by atoms with Crippen LogP contribution >= 0.6 is 0 Å². The Morgan fingerprint density at radius 2 is 1.94 bits per heavy atom. The molecule has 0 aliphatic carbocycles. The molecule has 1 nitrogen and oxygen atoms in total. The molecule has 1 rings (SSSR count). The van der Waals surface area contributed by atoms with Crippen molar-refractivity contribution >= 4 is 0 Å². The molecule has 2 heteroatoms. The van der Waals surface area contributed by atoms with Gasteiger partial charge in [-0.2, -0.15) is 0 Å². The molecule has 0 aliphatic rings. The van der Waals surface area contributed by atoms with E-state index >= 15 is 0 Å². The van der Waals surface area contributed by atoms with E-state index in [2.05, 4.69) is 26.1 Å². The maximum atomic E-state index is 14.0. The van der Waals surface area contributed by atoms with Crippen molar-refractivity contribution in [1.29, 1.82) is 0 Å². The number of halogens is 1. The molecule has 1 unspecified atom stereocenters. The van der Waals surface area contributed by atoms with Crippen LogP contribution in [0.1, 0.15) is 50.8 Å². The second-order valence-corrected chi connectivity index (χ2v) is 5.92. The van der Waals surface area contributed by atoms with Crippen molar-refractivity contribution in [2.75, 3.05) is 7.05 Å². The SMILES string of the molecule is CNC(CCC(C)(C)C)c1cccc(C)c1F. The van der Waals surface area contributed by atoms with Crippen LogP contribution in [0.3, 0.4) is 0 Å².